The average molecular weight is 511 g/mol. The van der Waals surface area contributed by atoms with E-state index in [0.29, 0.717) is 0 Å². The van der Waals surface area contributed by atoms with Crippen LogP contribution in [-0.2, 0) is 0 Å². The molecule has 0 amide bonds. The van der Waals surface area contributed by atoms with Crippen LogP contribution < -0.4 is 48.0 Å². The molecule has 4 radical (unpaired) electrons. The van der Waals surface area contributed by atoms with E-state index in [1.54, 1.807) is 0 Å². The first-order chi connectivity index (χ1) is 3.46. The molecule has 0 nitrogen and oxygen atoms in total. The van der Waals surface area contributed by atoms with Gasteiger partial charge in [0.05, 0.1) is 0 Å². The summed E-state index contributed by atoms with van der Waals surface area (Å²) in [5, 5.41) is 0. The summed E-state index contributed by atoms with van der Waals surface area (Å²) in [6.07, 6.45) is 0. The Hall–Kier alpha value is 1.84. The van der Waals surface area contributed by atoms with Crippen molar-refractivity contribution < 1.29 is 74.3 Å². The first-order valence-electron chi connectivity index (χ1n) is 1.13. The molecule has 0 bridgehead atoms. The van der Waals surface area contributed by atoms with Crippen LogP contribution in [0.2, 0.25) is 0 Å². The molecule has 0 saturated carbocycles. The second kappa shape index (κ2) is 22.6. The van der Waals surface area contributed by atoms with Crippen LogP contribution in [0.25, 0.3) is 0 Å². The standard InChI is InChI=1S/2CF3.2HI.Sn/c2*2-1(3)4;;;/h;;2*1H;/q;;;;+2/p-2. The predicted molar refractivity (Wildman–Crippen MR) is 18.9 cm³/mol. The van der Waals surface area contributed by atoms with E-state index in [4.69, 9.17) is 0 Å². The maximum atomic E-state index is 9.58. The molecule has 0 aliphatic heterocycles. The van der Waals surface area contributed by atoms with Crippen molar-refractivity contribution in [1.29, 1.82) is 0 Å². The Morgan fingerprint density at radius 1 is 0.545 bits per heavy atom. The summed E-state index contributed by atoms with van der Waals surface area (Å²) in [5.41, 5.74) is 0. The van der Waals surface area contributed by atoms with Crippen LogP contribution in [0.4, 0.5) is 26.3 Å². The third kappa shape index (κ3) is 339. The van der Waals surface area contributed by atoms with Gasteiger partial charge in [-0.1, -0.05) is 0 Å². The van der Waals surface area contributed by atoms with Crippen molar-refractivity contribution in [3.8, 4) is 0 Å². The molecule has 0 unspecified atom stereocenters. The van der Waals surface area contributed by atoms with Crippen LogP contribution in [0.15, 0.2) is 0 Å². The van der Waals surface area contributed by atoms with Crippen molar-refractivity contribution in [2.24, 2.45) is 0 Å². The molecular weight excluding hydrogens is 511 g/mol. The summed E-state index contributed by atoms with van der Waals surface area (Å²) in [7, 11) is 0. The molecular formula is C2F6I2Sn. The van der Waals surface area contributed by atoms with Gasteiger partial charge in [0.15, 0.2) is 0 Å². The van der Waals surface area contributed by atoms with Gasteiger partial charge in [-0.3, -0.25) is 0 Å². The molecule has 0 aromatic heterocycles. The molecule has 0 rings (SSSR count). The predicted octanol–water partition coefficient (Wildman–Crippen LogP) is -3.69. The molecule has 0 fully saturated rings. The maximum Gasteiger partial charge on any atom is 2.00 e. The normalized spacial score (nSPS) is 6.55. The van der Waals surface area contributed by atoms with Crippen molar-refractivity contribution in [2.75, 3.05) is 0 Å². The summed E-state index contributed by atoms with van der Waals surface area (Å²) < 4.78 is 57.5. The fraction of sp³-hybridized carbons (Fsp3) is 0. The van der Waals surface area contributed by atoms with Gasteiger partial charge < -0.3 is 48.0 Å². The van der Waals surface area contributed by atoms with E-state index in [2.05, 4.69) is 0 Å². The maximum absolute atomic E-state index is 9.58. The van der Waals surface area contributed by atoms with Crippen molar-refractivity contribution in [3.63, 3.8) is 0 Å². The van der Waals surface area contributed by atoms with Crippen LogP contribution in [0, 0.1) is 13.4 Å². The molecule has 0 saturated heterocycles. The van der Waals surface area contributed by atoms with Crippen LogP contribution in [0.5, 0.6) is 0 Å². The Bertz CT molecular complexity index is 34.1. The summed E-state index contributed by atoms with van der Waals surface area (Å²) in [4.78, 5) is 0. The second-order valence-electron chi connectivity index (χ2n) is 0.429. The van der Waals surface area contributed by atoms with Crippen molar-refractivity contribution in [3.05, 3.63) is 13.4 Å². The van der Waals surface area contributed by atoms with E-state index in [1.807, 2.05) is 0 Å². The Morgan fingerprint density at radius 2 is 0.545 bits per heavy atom. The van der Waals surface area contributed by atoms with E-state index >= 15 is 0 Å². The molecule has 0 atom stereocenters. The van der Waals surface area contributed by atoms with E-state index in [-0.39, 0.29) is 71.9 Å². The van der Waals surface area contributed by atoms with Gasteiger partial charge in [0.1, 0.15) is 0 Å². The molecule has 0 aromatic carbocycles. The number of hydrogen-bond donors (Lipinski definition) is 0. The fourth-order valence-corrected chi connectivity index (χ4v) is 0. The first kappa shape index (κ1) is 29.3. The molecule has 68 valence electrons. The van der Waals surface area contributed by atoms with Gasteiger partial charge >= 0.3 is 37.3 Å². The minimum Gasteiger partial charge on any atom is -1.00 e. The molecule has 0 spiro atoms. The van der Waals surface area contributed by atoms with Gasteiger partial charge in [-0.05, 0) is 0 Å². The quantitative estimate of drug-likeness (QED) is 0.179. The molecule has 9 heteroatoms. The fourth-order valence-electron chi connectivity index (χ4n) is 0. The minimum absolute atomic E-state index is 0. The average Bonchev–Trinajstić information content (AvgIpc) is 1.25. The van der Waals surface area contributed by atoms with Crippen molar-refractivity contribution in [2.45, 2.75) is 0 Å². The van der Waals surface area contributed by atoms with Gasteiger partial charge in [0.2, 0.25) is 0 Å². The Balaban J connectivity index is -0.0000000171. The number of hydrogen-bond acceptors (Lipinski definition) is 0. The zero-order chi connectivity index (χ0) is 7.15. The number of halogens is 8. The van der Waals surface area contributed by atoms with Crippen LogP contribution in [-0.4, -0.2) is 23.9 Å². The van der Waals surface area contributed by atoms with Crippen LogP contribution >= 0.6 is 0 Å². The van der Waals surface area contributed by atoms with E-state index in [1.165, 1.54) is 0 Å². The van der Waals surface area contributed by atoms with Crippen molar-refractivity contribution >= 4 is 23.9 Å². The summed E-state index contributed by atoms with van der Waals surface area (Å²) in [5.74, 6) is 0. The van der Waals surface area contributed by atoms with Crippen LogP contribution in [0.3, 0.4) is 0 Å². The molecule has 0 N–H and O–H groups in total. The second-order valence-corrected chi connectivity index (χ2v) is 0.429. The van der Waals surface area contributed by atoms with Crippen LogP contribution in [0.1, 0.15) is 0 Å². The summed E-state index contributed by atoms with van der Waals surface area (Å²) in [6.45, 7) is -6.17. The molecule has 0 aliphatic rings. The topological polar surface area (TPSA) is 0 Å². The largest absolute Gasteiger partial charge is 2.00 e. The first-order valence-corrected chi connectivity index (χ1v) is 1.13. The van der Waals surface area contributed by atoms with Gasteiger partial charge in [-0.15, -0.1) is 0 Å². The zero-order valence-electron chi connectivity index (χ0n) is 4.52. The van der Waals surface area contributed by atoms with Gasteiger partial charge in [0.25, 0.3) is 0 Å². The summed E-state index contributed by atoms with van der Waals surface area (Å²) in [6, 6.07) is 0. The Morgan fingerprint density at radius 3 is 0.545 bits per heavy atom. The minimum atomic E-state index is -3.08. The third-order valence-electron chi connectivity index (χ3n) is 0. The third-order valence-corrected chi connectivity index (χ3v) is 0. The van der Waals surface area contributed by atoms with Gasteiger partial charge in [-0.25, -0.2) is 0 Å². The Kier molecular flexibility index (Phi) is 60.3. The zero-order valence-corrected chi connectivity index (χ0v) is 11.7. The van der Waals surface area contributed by atoms with Crippen molar-refractivity contribution in [1.82, 2.24) is 0 Å². The monoisotopic (exact) mass is 512 g/mol. The molecule has 0 aliphatic carbocycles. The van der Waals surface area contributed by atoms with E-state index in [9.17, 15) is 26.3 Å². The molecule has 0 heterocycles. The smallest absolute Gasteiger partial charge is 1.00 e. The SMILES string of the molecule is F[C](F)F.F[C](F)F.[I-].[I-].[Sn+2]. The summed E-state index contributed by atoms with van der Waals surface area (Å²) >= 11 is 0. The van der Waals surface area contributed by atoms with Gasteiger partial charge in [0, 0.05) is 0 Å². The molecule has 11 heavy (non-hydrogen) atoms. The Labute approximate surface area is 110 Å². The number of rotatable bonds is 0. The van der Waals surface area contributed by atoms with E-state index < -0.39 is 13.4 Å². The molecule has 0 aromatic rings. The van der Waals surface area contributed by atoms with E-state index in [0.717, 1.165) is 0 Å². The van der Waals surface area contributed by atoms with Gasteiger partial charge in [-0.2, -0.15) is 26.3 Å².